The van der Waals surface area contributed by atoms with E-state index in [4.69, 9.17) is 9.26 Å². The first-order valence-electron chi connectivity index (χ1n) is 9.33. The molecule has 1 N–H and O–H groups in total. The van der Waals surface area contributed by atoms with Crippen LogP contribution in [0.15, 0.2) is 53.1 Å². The molecule has 0 aliphatic carbocycles. The van der Waals surface area contributed by atoms with E-state index >= 15 is 0 Å². The van der Waals surface area contributed by atoms with Gasteiger partial charge in [0.05, 0.1) is 33.3 Å². The summed E-state index contributed by atoms with van der Waals surface area (Å²) in [4.78, 5) is 8.47. The van der Waals surface area contributed by atoms with Crippen molar-refractivity contribution in [3.05, 3.63) is 60.0 Å². The molecule has 1 aliphatic heterocycles. The maximum atomic E-state index is 5.49. The maximum Gasteiger partial charge on any atom is 0.282 e. The van der Waals surface area contributed by atoms with Gasteiger partial charge in [-0.3, -0.25) is 0 Å². The van der Waals surface area contributed by atoms with E-state index in [1.807, 2.05) is 24.3 Å². The summed E-state index contributed by atoms with van der Waals surface area (Å²) >= 11 is 0. The van der Waals surface area contributed by atoms with Crippen LogP contribution >= 0.6 is 0 Å². The summed E-state index contributed by atoms with van der Waals surface area (Å²) in [5, 5.41) is 4.15. The van der Waals surface area contributed by atoms with Gasteiger partial charge in [0.15, 0.2) is 6.54 Å². The van der Waals surface area contributed by atoms with E-state index in [0.29, 0.717) is 11.7 Å². The van der Waals surface area contributed by atoms with E-state index < -0.39 is 0 Å². The summed E-state index contributed by atoms with van der Waals surface area (Å²) in [6, 6.07) is 16.4. The van der Waals surface area contributed by atoms with Crippen LogP contribution in [-0.2, 0) is 6.54 Å². The van der Waals surface area contributed by atoms with Crippen molar-refractivity contribution < 1.29 is 14.2 Å². The topological polar surface area (TPSA) is 55.8 Å². The first-order valence-corrected chi connectivity index (χ1v) is 9.33. The van der Waals surface area contributed by atoms with Gasteiger partial charge in [-0.05, 0) is 37.3 Å². The average molecular weight is 365 g/mol. The summed E-state index contributed by atoms with van der Waals surface area (Å²) in [5.74, 6) is 2.27. The zero-order chi connectivity index (χ0) is 18.6. The Kier molecular flexibility index (Phi) is 5.07. The van der Waals surface area contributed by atoms with Gasteiger partial charge in [0.1, 0.15) is 5.75 Å². The van der Waals surface area contributed by atoms with Crippen molar-refractivity contribution in [2.45, 2.75) is 13.5 Å². The third kappa shape index (κ3) is 4.11. The molecule has 27 heavy (non-hydrogen) atoms. The molecule has 0 radical (unpaired) electrons. The highest BCUT2D eigenvalue weighted by Gasteiger charge is 2.22. The number of aromatic nitrogens is 2. The summed E-state index contributed by atoms with van der Waals surface area (Å²) in [6.45, 7) is 6.97. The lowest BCUT2D eigenvalue weighted by molar-refractivity contribution is -0.915. The minimum Gasteiger partial charge on any atom is -0.497 e. The van der Waals surface area contributed by atoms with Gasteiger partial charge < -0.3 is 19.1 Å². The fraction of sp³-hybridized carbons (Fsp3) is 0.333. The molecule has 2 heterocycles. The number of piperazine rings is 1. The van der Waals surface area contributed by atoms with Gasteiger partial charge in [0.2, 0.25) is 5.82 Å². The van der Waals surface area contributed by atoms with Crippen LogP contribution in [0.5, 0.6) is 5.75 Å². The van der Waals surface area contributed by atoms with Crippen LogP contribution in [0.1, 0.15) is 11.5 Å². The molecular formula is C21H25N4O2+. The zero-order valence-corrected chi connectivity index (χ0v) is 15.8. The van der Waals surface area contributed by atoms with Gasteiger partial charge in [-0.25, -0.2) is 0 Å². The first kappa shape index (κ1) is 17.5. The number of rotatable bonds is 5. The second-order valence-corrected chi connectivity index (χ2v) is 6.99. The summed E-state index contributed by atoms with van der Waals surface area (Å²) < 4.78 is 10.7. The highest BCUT2D eigenvalue weighted by atomic mass is 16.5. The number of aryl methyl sites for hydroxylation is 1. The molecule has 0 spiro atoms. The molecule has 1 fully saturated rings. The lowest BCUT2D eigenvalue weighted by Gasteiger charge is -2.33. The third-order valence-corrected chi connectivity index (χ3v) is 5.05. The fourth-order valence-corrected chi connectivity index (χ4v) is 3.49. The van der Waals surface area contributed by atoms with Crippen LogP contribution in [0.4, 0.5) is 5.69 Å². The van der Waals surface area contributed by atoms with Crippen molar-refractivity contribution in [3.63, 3.8) is 0 Å². The molecule has 1 aromatic heterocycles. The summed E-state index contributed by atoms with van der Waals surface area (Å²) in [5.41, 5.74) is 3.44. The molecule has 0 unspecified atom stereocenters. The van der Waals surface area contributed by atoms with Crippen LogP contribution in [0, 0.1) is 6.92 Å². The molecule has 3 aromatic rings. The van der Waals surface area contributed by atoms with Gasteiger partial charge in [0, 0.05) is 11.3 Å². The number of ether oxygens (including phenoxy) is 1. The Hall–Kier alpha value is -2.86. The molecule has 0 bridgehead atoms. The van der Waals surface area contributed by atoms with E-state index in [1.54, 1.807) is 7.11 Å². The summed E-state index contributed by atoms with van der Waals surface area (Å²) in [6.07, 6.45) is 0. The lowest BCUT2D eigenvalue weighted by Crippen LogP contribution is -3.13. The second-order valence-electron chi connectivity index (χ2n) is 6.99. The maximum absolute atomic E-state index is 5.49. The van der Waals surface area contributed by atoms with E-state index in [1.165, 1.54) is 16.2 Å². The molecule has 140 valence electrons. The van der Waals surface area contributed by atoms with Crippen LogP contribution in [-0.4, -0.2) is 43.4 Å². The standard InChI is InChI=1S/C21H24N4O2/c1-16-4-3-5-17(14-16)21-22-20(27-23-21)15-24-10-12-25(13-11-24)18-6-8-19(26-2)9-7-18/h3-9,14H,10-13,15H2,1-2H3/p+1. The van der Waals surface area contributed by atoms with Crippen LogP contribution < -0.4 is 14.5 Å². The SMILES string of the molecule is COc1ccc(N2CC[NH+](Cc3nc(-c4cccc(C)c4)no3)CC2)cc1. The molecule has 1 aliphatic rings. The Morgan fingerprint density at radius 3 is 2.59 bits per heavy atom. The van der Waals surface area contributed by atoms with Gasteiger partial charge in [0.25, 0.3) is 5.89 Å². The largest absolute Gasteiger partial charge is 0.497 e. The quantitative estimate of drug-likeness (QED) is 0.749. The van der Waals surface area contributed by atoms with Gasteiger partial charge in [-0.15, -0.1) is 0 Å². The van der Waals surface area contributed by atoms with Crippen LogP contribution in [0.25, 0.3) is 11.4 Å². The Morgan fingerprint density at radius 1 is 1.11 bits per heavy atom. The number of nitrogens with zero attached hydrogens (tertiary/aromatic N) is 3. The number of anilines is 1. The van der Waals surface area contributed by atoms with Crippen LogP contribution in [0.3, 0.4) is 0 Å². The van der Waals surface area contributed by atoms with Gasteiger partial charge in [-0.2, -0.15) is 4.98 Å². The van der Waals surface area contributed by atoms with E-state index in [-0.39, 0.29) is 0 Å². The lowest BCUT2D eigenvalue weighted by atomic mass is 10.1. The first-order chi connectivity index (χ1) is 13.2. The molecular weight excluding hydrogens is 340 g/mol. The molecule has 1 saturated heterocycles. The Bertz CT molecular complexity index is 883. The van der Waals surface area contributed by atoms with Crippen LogP contribution in [0.2, 0.25) is 0 Å². The number of nitrogens with one attached hydrogen (secondary N) is 1. The molecule has 4 rings (SSSR count). The molecule has 0 atom stereocenters. The highest BCUT2D eigenvalue weighted by molar-refractivity contribution is 5.55. The predicted molar refractivity (Wildman–Crippen MR) is 104 cm³/mol. The highest BCUT2D eigenvalue weighted by Crippen LogP contribution is 2.19. The number of hydrogen-bond acceptors (Lipinski definition) is 5. The van der Waals surface area contributed by atoms with Gasteiger partial charge >= 0.3 is 0 Å². The molecule has 0 saturated carbocycles. The Labute approximate surface area is 159 Å². The van der Waals surface area contributed by atoms with Crippen molar-refractivity contribution >= 4 is 5.69 Å². The Morgan fingerprint density at radius 2 is 1.89 bits per heavy atom. The monoisotopic (exact) mass is 365 g/mol. The fourth-order valence-electron chi connectivity index (χ4n) is 3.49. The number of benzene rings is 2. The molecule has 6 nitrogen and oxygen atoms in total. The molecule has 0 amide bonds. The third-order valence-electron chi connectivity index (χ3n) is 5.05. The van der Waals surface area contributed by atoms with Crippen molar-refractivity contribution in [1.29, 1.82) is 0 Å². The van der Waals surface area contributed by atoms with Crippen molar-refractivity contribution in [3.8, 4) is 17.1 Å². The molecule has 6 heteroatoms. The smallest absolute Gasteiger partial charge is 0.282 e. The zero-order valence-electron chi connectivity index (χ0n) is 15.8. The normalized spacial score (nSPS) is 15.1. The minimum absolute atomic E-state index is 0.671. The van der Waals surface area contributed by atoms with E-state index in [9.17, 15) is 0 Å². The van der Waals surface area contributed by atoms with Crippen molar-refractivity contribution in [1.82, 2.24) is 10.1 Å². The number of hydrogen-bond donors (Lipinski definition) is 1. The van der Waals surface area contributed by atoms with Crippen molar-refractivity contribution in [2.75, 3.05) is 38.2 Å². The van der Waals surface area contributed by atoms with Crippen molar-refractivity contribution in [2.24, 2.45) is 0 Å². The summed E-state index contributed by atoms with van der Waals surface area (Å²) in [7, 11) is 1.69. The second kappa shape index (κ2) is 7.80. The predicted octanol–water partition coefficient (Wildman–Crippen LogP) is 1.96. The van der Waals surface area contributed by atoms with E-state index in [2.05, 4.69) is 46.2 Å². The molecule has 2 aromatic carbocycles. The Balaban J connectivity index is 1.34. The van der Waals surface area contributed by atoms with Gasteiger partial charge in [-0.1, -0.05) is 28.9 Å². The number of methoxy groups -OCH3 is 1. The minimum atomic E-state index is 0.671. The average Bonchev–Trinajstić information content (AvgIpc) is 3.17. The number of quaternary nitrogens is 1. The van der Waals surface area contributed by atoms with E-state index in [0.717, 1.165) is 44.0 Å².